The van der Waals surface area contributed by atoms with Gasteiger partial charge < -0.3 is 10.4 Å². The molecule has 0 bridgehead atoms. The molecule has 2 aromatic rings. The van der Waals surface area contributed by atoms with E-state index in [1.807, 2.05) is 23.8 Å². The van der Waals surface area contributed by atoms with Crippen LogP contribution in [0.25, 0.3) is 0 Å². The van der Waals surface area contributed by atoms with Gasteiger partial charge in [0.1, 0.15) is 0 Å². The summed E-state index contributed by atoms with van der Waals surface area (Å²) < 4.78 is 0. The fourth-order valence-electron chi connectivity index (χ4n) is 3.29. The number of aromatic nitrogens is 1. The van der Waals surface area contributed by atoms with Crippen molar-refractivity contribution >= 4 is 17.3 Å². The van der Waals surface area contributed by atoms with Crippen molar-refractivity contribution in [1.29, 1.82) is 0 Å². The Bertz CT molecular complexity index is 683. The van der Waals surface area contributed by atoms with E-state index in [0.29, 0.717) is 6.54 Å². The maximum atomic E-state index is 11.2. The monoisotopic (exact) mass is 330 g/mol. The van der Waals surface area contributed by atoms with E-state index in [4.69, 9.17) is 5.11 Å². The van der Waals surface area contributed by atoms with Crippen molar-refractivity contribution < 1.29 is 9.90 Å². The van der Waals surface area contributed by atoms with Gasteiger partial charge in [-0.05, 0) is 72.2 Å². The molecule has 122 valence electrons. The Morgan fingerprint density at radius 1 is 1.43 bits per heavy atom. The molecule has 1 aliphatic carbocycles. The van der Waals surface area contributed by atoms with Crippen molar-refractivity contribution in [3.8, 4) is 0 Å². The number of rotatable bonds is 6. The van der Waals surface area contributed by atoms with Crippen LogP contribution in [0.2, 0.25) is 0 Å². The third-order valence-electron chi connectivity index (χ3n) is 4.38. The van der Waals surface area contributed by atoms with E-state index in [-0.39, 0.29) is 12.5 Å². The molecule has 0 aromatic carbocycles. The van der Waals surface area contributed by atoms with E-state index in [9.17, 15) is 4.79 Å². The van der Waals surface area contributed by atoms with Crippen LogP contribution in [-0.4, -0.2) is 16.1 Å². The Hall–Kier alpha value is -1.72. The Kier molecular flexibility index (Phi) is 5.08. The number of pyridine rings is 1. The highest BCUT2D eigenvalue weighted by molar-refractivity contribution is 7.07. The number of nitrogens with one attached hydrogen (secondary N) is 1. The van der Waals surface area contributed by atoms with Crippen LogP contribution < -0.4 is 5.32 Å². The minimum Gasteiger partial charge on any atom is -0.481 e. The fraction of sp³-hybridized carbons (Fsp3) is 0.444. The van der Waals surface area contributed by atoms with Crippen LogP contribution in [0, 0.1) is 6.92 Å². The second-order valence-corrected chi connectivity index (χ2v) is 6.92. The lowest BCUT2D eigenvalue weighted by Gasteiger charge is -2.22. The lowest BCUT2D eigenvalue weighted by Crippen LogP contribution is -2.24. The van der Waals surface area contributed by atoms with Gasteiger partial charge in [-0.1, -0.05) is 0 Å². The number of thiophene rings is 1. The minimum atomic E-state index is -0.776. The molecular weight excluding hydrogens is 308 g/mol. The number of aryl methyl sites for hydroxylation is 2. The highest BCUT2D eigenvalue weighted by Gasteiger charge is 2.19. The molecule has 0 spiro atoms. The van der Waals surface area contributed by atoms with Gasteiger partial charge >= 0.3 is 5.97 Å². The Labute approximate surface area is 140 Å². The van der Waals surface area contributed by atoms with Crippen molar-refractivity contribution in [2.45, 2.75) is 51.6 Å². The summed E-state index contributed by atoms with van der Waals surface area (Å²) in [6.45, 7) is 2.73. The molecule has 1 atom stereocenters. The summed E-state index contributed by atoms with van der Waals surface area (Å²) in [6.07, 6.45) is 4.68. The van der Waals surface area contributed by atoms with E-state index < -0.39 is 5.97 Å². The van der Waals surface area contributed by atoms with E-state index in [1.54, 1.807) is 11.3 Å². The summed E-state index contributed by atoms with van der Waals surface area (Å²) in [4.78, 5) is 15.8. The molecule has 1 unspecified atom stereocenters. The van der Waals surface area contributed by atoms with Gasteiger partial charge in [0.05, 0.1) is 6.42 Å². The van der Waals surface area contributed by atoms with Crippen LogP contribution in [0.1, 0.15) is 53.4 Å². The number of aliphatic carboxylic acids is 1. The summed E-state index contributed by atoms with van der Waals surface area (Å²) >= 11 is 1.60. The summed E-state index contributed by atoms with van der Waals surface area (Å²) in [5.74, 6) is -0.776. The lowest BCUT2D eigenvalue weighted by atomic mass is 9.91. The highest BCUT2D eigenvalue weighted by Crippen LogP contribution is 2.25. The second-order valence-electron chi connectivity index (χ2n) is 6.14. The zero-order valence-corrected chi connectivity index (χ0v) is 14.2. The molecule has 0 fully saturated rings. The van der Waals surface area contributed by atoms with Gasteiger partial charge in [-0.25, -0.2) is 0 Å². The van der Waals surface area contributed by atoms with Crippen LogP contribution in [0.4, 0.5) is 0 Å². The van der Waals surface area contributed by atoms with Gasteiger partial charge in [0, 0.05) is 24.0 Å². The predicted octanol–water partition coefficient (Wildman–Crippen LogP) is 3.64. The zero-order chi connectivity index (χ0) is 16.2. The molecule has 1 aliphatic rings. The van der Waals surface area contributed by atoms with E-state index >= 15 is 0 Å². The smallest absolute Gasteiger partial charge is 0.305 e. The molecule has 3 rings (SSSR count). The van der Waals surface area contributed by atoms with Crippen LogP contribution in [-0.2, 0) is 24.2 Å². The molecule has 4 nitrogen and oxygen atoms in total. The van der Waals surface area contributed by atoms with Crippen LogP contribution in [0.3, 0.4) is 0 Å². The average Bonchev–Trinajstić information content (AvgIpc) is 3.05. The Morgan fingerprint density at radius 3 is 3.00 bits per heavy atom. The van der Waals surface area contributed by atoms with Gasteiger partial charge in [0.2, 0.25) is 0 Å². The average molecular weight is 330 g/mol. The summed E-state index contributed by atoms with van der Waals surface area (Å²) in [7, 11) is 0. The number of hydrogen-bond acceptors (Lipinski definition) is 4. The number of nitrogens with zero attached hydrogens (tertiary/aromatic N) is 1. The minimum absolute atomic E-state index is 0.100. The molecule has 0 saturated carbocycles. The molecule has 2 N–H and O–H groups in total. The molecule has 5 heteroatoms. The second kappa shape index (κ2) is 7.23. The van der Waals surface area contributed by atoms with Crippen molar-refractivity contribution in [2.75, 3.05) is 0 Å². The van der Waals surface area contributed by atoms with Crippen molar-refractivity contribution in [3.05, 3.63) is 51.0 Å². The van der Waals surface area contributed by atoms with Gasteiger partial charge in [0.25, 0.3) is 0 Å². The number of fused-ring (bicyclic) bond motifs is 1. The molecule has 23 heavy (non-hydrogen) atoms. The first-order valence-electron chi connectivity index (χ1n) is 8.09. The van der Waals surface area contributed by atoms with Gasteiger partial charge in [-0.2, -0.15) is 11.3 Å². The first-order valence-corrected chi connectivity index (χ1v) is 9.03. The number of hydrogen-bond donors (Lipinski definition) is 2. The molecule has 0 radical (unpaired) electrons. The summed E-state index contributed by atoms with van der Waals surface area (Å²) in [5.41, 5.74) is 5.98. The quantitative estimate of drug-likeness (QED) is 0.849. The third-order valence-corrected chi connectivity index (χ3v) is 5.09. The molecule has 2 heterocycles. The normalized spacial score (nSPS) is 15.2. The maximum absolute atomic E-state index is 11.2. The predicted molar refractivity (Wildman–Crippen MR) is 91.8 cm³/mol. The zero-order valence-electron chi connectivity index (χ0n) is 13.3. The molecule has 0 aliphatic heterocycles. The lowest BCUT2D eigenvalue weighted by molar-refractivity contribution is -0.137. The van der Waals surface area contributed by atoms with E-state index in [2.05, 4.69) is 16.4 Å². The molecule has 0 amide bonds. The van der Waals surface area contributed by atoms with Crippen LogP contribution in [0.5, 0.6) is 0 Å². The standard InChI is InChI=1S/C18H22N2O2S/c1-12-8-14(15-4-2-3-5-16(15)20-12)10-19-17(9-18(21)22)13-6-7-23-11-13/h6-8,11,17,19H,2-5,9-10H2,1H3,(H,21,22). The van der Waals surface area contributed by atoms with Crippen molar-refractivity contribution in [2.24, 2.45) is 0 Å². The molecule has 2 aromatic heterocycles. The SMILES string of the molecule is Cc1cc(CNC(CC(=O)O)c2ccsc2)c2c(n1)CCCC2. The van der Waals surface area contributed by atoms with Crippen LogP contribution in [0.15, 0.2) is 22.9 Å². The fourth-order valence-corrected chi connectivity index (χ4v) is 4.00. The summed E-state index contributed by atoms with van der Waals surface area (Å²) in [6, 6.07) is 3.99. The number of carboxylic acid groups (broad SMARTS) is 1. The number of carbonyl (C=O) groups is 1. The largest absolute Gasteiger partial charge is 0.481 e. The summed E-state index contributed by atoms with van der Waals surface area (Å²) in [5, 5.41) is 16.6. The van der Waals surface area contributed by atoms with Gasteiger partial charge in [-0.15, -0.1) is 0 Å². The first-order chi connectivity index (χ1) is 11.1. The number of carboxylic acids is 1. The van der Waals surface area contributed by atoms with E-state index in [1.165, 1.54) is 29.7 Å². The van der Waals surface area contributed by atoms with Crippen molar-refractivity contribution in [3.63, 3.8) is 0 Å². The van der Waals surface area contributed by atoms with Gasteiger partial charge in [0.15, 0.2) is 0 Å². The molecule has 0 saturated heterocycles. The van der Waals surface area contributed by atoms with Crippen molar-refractivity contribution in [1.82, 2.24) is 10.3 Å². The maximum Gasteiger partial charge on any atom is 0.305 e. The topological polar surface area (TPSA) is 62.2 Å². The third kappa shape index (κ3) is 3.98. The molecular formula is C18H22N2O2S. The van der Waals surface area contributed by atoms with E-state index in [0.717, 1.165) is 24.1 Å². The van der Waals surface area contributed by atoms with Gasteiger partial charge in [-0.3, -0.25) is 9.78 Å². The first kappa shape index (κ1) is 16.1. The Morgan fingerprint density at radius 2 is 2.26 bits per heavy atom. The van der Waals surface area contributed by atoms with Crippen LogP contribution >= 0.6 is 11.3 Å². The highest BCUT2D eigenvalue weighted by atomic mass is 32.1. The Balaban J connectivity index is 1.78.